The van der Waals surface area contributed by atoms with E-state index in [1.54, 1.807) is 42.6 Å². The van der Waals surface area contributed by atoms with Gasteiger partial charge in [-0.2, -0.15) is 0 Å². The molecule has 0 saturated heterocycles. The first-order valence-electron chi connectivity index (χ1n) is 10.6. The lowest BCUT2D eigenvalue weighted by molar-refractivity contribution is -0.159. The fourth-order valence-electron chi connectivity index (χ4n) is 3.53. The number of ketones is 1. The van der Waals surface area contributed by atoms with Gasteiger partial charge < -0.3 is 14.2 Å². The second-order valence-electron chi connectivity index (χ2n) is 7.61. The van der Waals surface area contributed by atoms with Gasteiger partial charge in [-0.05, 0) is 48.0 Å². The molecule has 9 heteroatoms. The molecule has 0 fully saturated rings. The first kappa shape index (κ1) is 25.8. The maximum absolute atomic E-state index is 13.3. The Kier molecular flexibility index (Phi) is 8.92. The van der Waals surface area contributed by atoms with Gasteiger partial charge in [0.1, 0.15) is 23.3 Å². The second kappa shape index (κ2) is 12.1. The number of ether oxygens (including phenoxy) is 3. The van der Waals surface area contributed by atoms with E-state index >= 15 is 0 Å². The summed E-state index contributed by atoms with van der Waals surface area (Å²) >= 11 is 5.79. The number of esters is 2. The first-order chi connectivity index (χ1) is 16.8. The van der Waals surface area contributed by atoms with E-state index in [1.807, 2.05) is 0 Å². The number of hydrogen-bond donors (Lipinski definition) is 0. The van der Waals surface area contributed by atoms with Crippen LogP contribution < -0.4 is 4.74 Å². The van der Waals surface area contributed by atoms with Gasteiger partial charge >= 0.3 is 11.9 Å². The molecule has 182 valence electrons. The van der Waals surface area contributed by atoms with Crippen LogP contribution in [0.5, 0.6) is 5.75 Å². The molecule has 1 unspecified atom stereocenters. The monoisotopic (exact) mass is 499 g/mol. The van der Waals surface area contributed by atoms with Crippen molar-refractivity contribution in [2.75, 3.05) is 14.2 Å². The van der Waals surface area contributed by atoms with Gasteiger partial charge in [-0.25, -0.2) is 9.37 Å². The Bertz CT molecular complexity index is 1150. The molecule has 2 aromatic carbocycles. The number of hydrogen-bond acceptors (Lipinski definition) is 7. The average molecular weight is 500 g/mol. The summed E-state index contributed by atoms with van der Waals surface area (Å²) in [6, 6.07) is 15.1. The van der Waals surface area contributed by atoms with Crippen molar-refractivity contribution >= 4 is 29.3 Å². The quantitative estimate of drug-likeness (QED) is 0.172. The highest BCUT2D eigenvalue weighted by Crippen LogP contribution is 2.33. The summed E-state index contributed by atoms with van der Waals surface area (Å²) in [5.41, 5.74) is 1.60. The highest BCUT2D eigenvalue weighted by molar-refractivity contribution is 6.29. The van der Waals surface area contributed by atoms with Crippen LogP contribution in [0.15, 0.2) is 66.9 Å². The molecule has 1 aromatic heterocycles. The molecule has 0 aliphatic rings. The molecule has 0 bridgehead atoms. The van der Waals surface area contributed by atoms with Crippen molar-refractivity contribution in [3.05, 3.63) is 94.5 Å². The Balaban J connectivity index is 1.85. The van der Waals surface area contributed by atoms with E-state index in [9.17, 15) is 18.8 Å². The zero-order valence-corrected chi connectivity index (χ0v) is 19.8. The third-order valence-electron chi connectivity index (χ3n) is 5.39. The van der Waals surface area contributed by atoms with E-state index in [4.69, 9.17) is 25.8 Å². The largest absolute Gasteiger partial charge is 0.489 e. The number of halogens is 2. The van der Waals surface area contributed by atoms with Crippen molar-refractivity contribution in [1.29, 1.82) is 0 Å². The topological polar surface area (TPSA) is 91.8 Å². The summed E-state index contributed by atoms with van der Waals surface area (Å²) < 4.78 is 28.7. The van der Waals surface area contributed by atoms with Crippen LogP contribution in [0.4, 0.5) is 4.39 Å². The predicted octanol–water partition coefficient (Wildman–Crippen LogP) is 4.77. The number of rotatable bonds is 10. The molecule has 1 atom stereocenters. The minimum Gasteiger partial charge on any atom is -0.489 e. The Morgan fingerprint density at radius 1 is 0.914 bits per heavy atom. The standard InChI is InChI=1S/C26H23ClFNO6/c1-33-25(31)24(26(32)34-2)21(13-22(30)18-4-8-19(28)9-5-18)17-6-10-20(11-7-17)35-15-16-3-12-23(27)29-14-16/h3-12,14,21,24H,13,15H2,1-2H3. The number of Topliss-reactive ketones (excluding diaryl/α,β-unsaturated/α-hetero) is 1. The van der Waals surface area contributed by atoms with Crippen molar-refractivity contribution in [3.63, 3.8) is 0 Å². The SMILES string of the molecule is COC(=O)C(C(=O)OC)C(CC(=O)c1ccc(F)cc1)c1ccc(OCc2ccc(Cl)nc2)cc1. The number of benzene rings is 2. The Morgan fingerprint density at radius 3 is 2.09 bits per heavy atom. The number of carbonyl (C=O) groups is 3. The molecule has 0 spiro atoms. The lowest BCUT2D eigenvalue weighted by Crippen LogP contribution is -2.33. The van der Waals surface area contributed by atoms with Crippen molar-refractivity contribution in [2.45, 2.75) is 18.9 Å². The van der Waals surface area contributed by atoms with Crippen molar-refractivity contribution in [1.82, 2.24) is 4.98 Å². The summed E-state index contributed by atoms with van der Waals surface area (Å²) in [6.07, 6.45) is 1.39. The molecule has 7 nitrogen and oxygen atoms in total. The highest BCUT2D eigenvalue weighted by Gasteiger charge is 2.39. The smallest absolute Gasteiger partial charge is 0.320 e. The zero-order chi connectivity index (χ0) is 25.4. The van der Waals surface area contributed by atoms with Crippen LogP contribution in [0, 0.1) is 11.7 Å². The lowest BCUT2D eigenvalue weighted by atomic mass is 9.81. The molecule has 0 N–H and O–H groups in total. The molecule has 1 heterocycles. The Hall–Kier alpha value is -3.78. The van der Waals surface area contributed by atoms with Gasteiger partial charge in [-0.3, -0.25) is 14.4 Å². The van der Waals surface area contributed by atoms with E-state index < -0.39 is 29.6 Å². The lowest BCUT2D eigenvalue weighted by Gasteiger charge is -2.23. The molecule has 3 aromatic rings. The predicted molar refractivity (Wildman–Crippen MR) is 126 cm³/mol. The van der Waals surface area contributed by atoms with Crippen LogP contribution >= 0.6 is 11.6 Å². The van der Waals surface area contributed by atoms with Gasteiger partial charge in [0.15, 0.2) is 11.7 Å². The van der Waals surface area contributed by atoms with E-state index in [1.165, 1.54) is 24.3 Å². The van der Waals surface area contributed by atoms with Crippen LogP contribution in [0.2, 0.25) is 5.15 Å². The third kappa shape index (κ3) is 6.86. The van der Waals surface area contributed by atoms with Gasteiger partial charge in [0.2, 0.25) is 0 Å². The van der Waals surface area contributed by atoms with Crippen LogP contribution in [0.25, 0.3) is 0 Å². The minimum atomic E-state index is -1.37. The maximum atomic E-state index is 13.3. The van der Waals surface area contributed by atoms with Crippen molar-refractivity contribution < 1.29 is 33.0 Å². The van der Waals surface area contributed by atoms with E-state index in [0.717, 1.165) is 19.8 Å². The molecule has 0 radical (unpaired) electrons. The molecular weight excluding hydrogens is 477 g/mol. The Labute approximate surface area is 206 Å². The average Bonchev–Trinajstić information content (AvgIpc) is 2.88. The van der Waals surface area contributed by atoms with Crippen molar-refractivity contribution in [3.8, 4) is 5.75 Å². The van der Waals surface area contributed by atoms with Gasteiger partial charge in [0.05, 0.1) is 14.2 Å². The van der Waals surface area contributed by atoms with Crippen LogP contribution in [-0.2, 0) is 25.7 Å². The summed E-state index contributed by atoms with van der Waals surface area (Å²) in [5.74, 6) is -4.25. The number of carbonyl (C=O) groups excluding carboxylic acids is 3. The van der Waals surface area contributed by atoms with Crippen molar-refractivity contribution in [2.24, 2.45) is 5.92 Å². The normalized spacial score (nSPS) is 11.6. The van der Waals surface area contributed by atoms with Gasteiger partial charge in [0, 0.05) is 29.7 Å². The van der Waals surface area contributed by atoms with Gasteiger partial charge in [-0.15, -0.1) is 0 Å². The molecule has 35 heavy (non-hydrogen) atoms. The molecule has 0 aliphatic heterocycles. The van der Waals surface area contributed by atoms with E-state index in [0.29, 0.717) is 16.5 Å². The number of aromatic nitrogens is 1. The highest BCUT2D eigenvalue weighted by atomic mass is 35.5. The third-order valence-corrected chi connectivity index (χ3v) is 5.61. The number of pyridine rings is 1. The molecular formula is C26H23ClFNO6. The number of nitrogens with zero attached hydrogens (tertiary/aromatic N) is 1. The summed E-state index contributed by atoms with van der Waals surface area (Å²) in [5, 5.41) is 0.380. The Morgan fingerprint density at radius 2 is 1.54 bits per heavy atom. The second-order valence-corrected chi connectivity index (χ2v) is 8.00. The van der Waals surface area contributed by atoms with Crippen LogP contribution in [-0.4, -0.2) is 36.9 Å². The van der Waals surface area contributed by atoms with Crippen LogP contribution in [0.3, 0.4) is 0 Å². The summed E-state index contributed by atoms with van der Waals surface area (Å²) in [6.45, 7) is 0.253. The van der Waals surface area contributed by atoms with Gasteiger partial charge in [0.25, 0.3) is 0 Å². The molecule has 0 saturated carbocycles. The summed E-state index contributed by atoms with van der Waals surface area (Å²) in [4.78, 5) is 42.0. The first-order valence-corrected chi connectivity index (χ1v) is 11.0. The summed E-state index contributed by atoms with van der Waals surface area (Å²) in [7, 11) is 2.30. The number of methoxy groups -OCH3 is 2. The molecule has 0 amide bonds. The van der Waals surface area contributed by atoms with Gasteiger partial charge in [-0.1, -0.05) is 29.8 Å². The fraction of sp³-hybridized carbons (Fsp3) is 0.231. The fourth-order valence-corrected chi connectivity index (χ4v) is 3.64. The van der Waals surface area contributed by atoms with E-state index in [-0.39, 0.29) is 24.4 Å². The molecule has 0 aliphatic carbocycles. The maximum Gasteiger partial charge on any atom is 0.320 e. The van der Waals surface area contributed by atoms with Crippen LogP contribution in [0.1, 0.15) is 33.8 Å². The molecule has 3 rings (SSSR count). The van der Waals surface area contributed by atoms with E-state index in [2.05, 4.69) is 4.98 Å². The zero-order valence-electron chi connectivity index (χ0n) is 19.1. The minimum absolute atomic E-state index is 0.211.